The molecule has 2 aromatic carbocycles. The van der Waals surface area contributed by atoms with E-state index in [2.05, 4.69) is 49.6 Å². The Hall–Kier alpha value is -1.85. The predicted octanol–water partition coefficient (Wildman–Crippen LogP) is 5.15. The topological polar surface area (TPSA) is 49.9 Å². The molecule has 0 atom stereocenters. The van der Waals surface area contributed by atoms with Crippen LogP contribution in [-0.2, 0) is 0 Å². The fourth-order valence-electron chi connectivity index (χ4n) is 2.86. The first-order valence-corrected chi connectivity index (χ1v) is 9.58. The number of hydrogen-bond acceptors (Lipinski definition) is 3. The van der Waals surface area contributed by atoms with Crippen LogP contribution in [0, 0.1) is 0 Å². The van der Waals surface area contributed by atoms with Crippen LogP contribution in [0.4, 0.5) is 0 Å². The Kier molecular flexibility index (Phi) is 6.48. The van der Waals surface area contributed by atoms with Gasteiger partial charge in [-0.1, -0.05) is 40.9 Å². The molecular formula is C20H24BrN3O. The summed E-state index contributed by atoms with van der Waals surface area (Å²) in [4.78, 5) is 0. The summed E-state index contributed by atoms with van der Waals surface area (Å²) in [5, 5.41) is 11.9. The third-order valence-electron chi connectivity index (χ3n) is 4.24. The standard InChI is InChI=1S/C20H24BrN3O/c1-22-12-4-2-3-5-13-25-17-10-11-18-19(14-17)23-24-20(18)15-6-8-16(21)9-7-15/h6-11,14,22H,2-5,12-13H2,1H3,(H,23,24). The minimum absolute atomic E-state index is 0.763. The Morgan fingerprint density at radius 3 is 2.64 bits per heavy atom. The van der Waals surface area contributed by atoms with Crippen molar-refractivity contribution in [2.45, 2.75) is 25.7 Å². The van der Waals surface area contributed by atoms with Gasteiger partial charge in [-0.2, -0.15) is 5.10 Å². The minimum atomic E-state index is 0.763. The number of rotatable bonds is 9. The molecule has 0 amide bonds. The maximum Gasteiger partial charge on any atom is 0.121 e. The van der Waals surface area contributed by atoms with E-state index >= 15 is 0 Å². The normalized spacial score (nSPS) is 11.1. The van der Waals surface area contributed by atoms with Crippen molar-refractivity contribution in [2.24, 2.45) is 0 Å². The number of unbranched alkanes of at least 4 members (excludes halogenated alkanes) is 3. The van der Waals surface area contributed by atoms with E-state index in [1.165, 1.54) is 19.3 Å². The molecule has 0 spiro atoms. The molecule has 25 heavy (non-hydrogen) atoms. The number of ether oxygens (including phenoxy) is 1. The predicted molar refractivity (Wildman–Crippen MR) is 107 cm³/mol. The quantitative estimate of drug-likeness (QED) is 0.487. The Bertz CT molecular complexity index is 798. The molecule has 2 N–H and O–H groups in total. The highest BCUT2D eigenvalue weighted by atomic mass is 79.9. The van der Waals surface area contributed by atoms with E-state index < -0.39 is 0 Å². The molecule has 132 valence electrons. The summed E-state index contributed by atoms with van der Waals surface area (Å²) in [6, 6.07) is 14.3. The maximum atomic E-state index is 5.88. The van der Waals surface area contributed by atoms with Crippen molar-refractivity contribution in [3.63, 3.8) is 0 Å². The van der Waals surface area contributed by atoms with Gasteiger partial charge in [0, 0.05) is 21.5 Å². The van der Waals surface area contributed by atoms with Gasteiger partial charge < -0.3 is 10.1 Å². The fraction of sp³-hybridized carbons (Fsp3) is 0.350. The first-order valence-electron chi connectivity index (χ1n) is 8.79. The highest BCUT2D eigenvalue weighted by molar-refractivity contribution is 9.10. The molecule has 0 unspecified atom stereocenters. The second kappa shape index (κ2) is 9.02. The van der Waals surface area contributed by atoms with Gasteiger partial charge in [-0.15, -0.1) is 0 Å². The number of nitrogens with one attached hydrogen (secondary N) is 2. The van der Waals surface area contributed by atoms with Crippen molar-refractivity contribution in [1.82, 2.24) is 15.5 Å². The van der Waals surface area contributed by atoms with Crippen LogP contribution in [-0.4, -0.2) is 30.4 Å². The zero-order valence-corrected chi connectivity index (χ0v) is 16.1. The second-order valence-corrected chi connectivity index (χ2v) is 7.07. The van der Waals surface area contributed by atoms with Crippen molar-refractivity contribution in [3.8, 4) is 17.0 Å². The number of nitrogens with zero attached hydrogens (tertiary/aromatic N) is 1. The number of hydrogen-bond donors (Lipinski definition) is 2. The van der Waals surface area contributed by atoms with E-state index in [1.807, 2.05) is 31.3 Å². The molecule has 0 aliphatic carbocycles. The number of H-pyrrole nitrogens is 1. The maximum absolute atomic E-state index is 5.88. The van der Waals surface area contributed by atoms with Crippen LogP contribution < -0.4 is 10.1 Å². The summed E-state index contributed by atoms with van der Waals surface area (Å²) in [5.41, 5.74) is 3.08. The molecule has 0 fully saturated rings. The second-order valence-electron chi connectivity index (χ2n) is 6.15. The van der Waals surface area contributed by atoms with Crippen molar-refractivity contribution in [3.05, 3.63) is 46.9 Å². The van der Waals surface area contributed by atoms with Crippen LogP contribution in [0.5, 0.6) is 5.75 Å². The molecule has 0 saturated carbocycles. The van der Waals surface area contributed by atoms with Crippen LogP contribution >= 0.6 is 15.9 Å². The molecule has 1 heterocycles. The third-order valence-corrected chi connectivity index (χ3v) is 4.77. The van der Waals surface area contributed by atoms with Gasteiger partial charge in [0.1, 0.15) is 5.75 Å². The van der Waals surface area contributed by atoms with Gasteiger partial charge in [0.25, 0.3) is 0 Å². The lowest BCUT2D eigenvalue weighted by atomic mass is 10.1. The monoisotopic (exact) mass is 401 g/mol. The van der Waals surface area contributed by atoms with Gasteiger partial charge in [-0.3, -0.25) is 5.10 Å². The third kappa shape index (κ3) is 4.83. The smallest absolute Gasteiger partial charge is 0.121 e. The summed E-state index contributed by atoms with van der Waals surface area (Å²) >= 11 is 3.47. The van der Waals surface area contributed by atoms with Crippen molar-refractivity contribution < 1.29 is 4.74 Å². The van der Waals surface area contributed by atoms with Crippen LogP contribution in [0.15, 0.2) is 46.9 Å². The van der Waals surface area contributed by atoms with Crippen LogP contribution in [0.25, 0.3) is 22.2 Å². The number of benzene rings is 2. The first kappa shape index (κ1) is 18.0. The lowest BCUT2D eigenvalue weighted by molar-refractivity contribution is 0.305. The summed E-state index contributed by atoms with van der Waals surface area (Å²) in [6.45, 7) is 1.86. The average molecular weight is 402 g/mol. The van der Waals surface area contributed by atoms with E-state index in [9.17, 15) is 0 Å². The molecular weight excluding hydrogens is 378 g/mol. The fourth-order valence-corrected chi connectivity index (χ4v) is 3.13. The zero-order chi connectivity index (χ0) is 17.5. The minimum Gasteiger partial charge on any atom is -0.494 e. The number of fused-ring (bicyclic) bond motifs is 1. The summed E-state index contributed by atoms with van der Waals surface area (Å²) in [6.07, 6.45) is 4.78. The molecule has 0 bridgehead atoms. The van der Waals surface area contributed by atoms with E-state index in [0.29, 0.717) is 0 Å². The van der Waals surface area contributed by atoms with Crippen molar-refractivity contribution in [2.75, 3.05) is 20.2 Å². The molecule has 3 aromatic rings. The first-order chi connectivity index (χ1) is 12.3. The molecule has 0 aliphatic rings. The van der Waals surface area contributed by atoms with E-state index in [0.717, 1.165) is 52.0 Å². The Morgan fingerprint density at radius 2 is 1.84 bits per heavy atom. The van der Waals surface area contributed by atoms with Crippen LogP contribution in [0.2, 0.25) is 0 Å². The van der Waals surface area contributed by atoms with Crippen molar-refractivity contribution in [1.29, 1.82) is 0 Å². The highest BCUT2D eigenvalue weighted by Crippen LogP contribution is 2.29. The van der Waals surface area contributed by atoms with Gasteiger partial charge in [0.15, 0.2) is 0 Å². The number of aromatic amines is 1. The zero-order valence-electron chi connectivity index (χ0n) is 14.5. The lowest BCUT2D eigenvalue weighted by Gasteiger charge is -2.06. The molecule has 3 rings (SSSR count). The molecule has 0 aliphatic heterocycles. The van der Waals surface area contributed by atoms with Crippen LogP contribution in [0.1, 0.15) is 25.7 Å². The van der Waals surface area contributed by atoms with Gasteiger partial charge in [0.05, 0.1) is 17.8 Å². The van der Waals surface area contributed by atoms with E-state index in [4.69, 9.17) is 4.74 Å². The van der Waals surface area contributed by atoms with E-state index in [-0.39, 0.29) is 0 Å². The highest BCUT2D eigenvalue weighted by Gasteiger charge is 2.09. The number of halogens is 1. The largest absolute Gasteiger partial charge is 0.494 e. The molecule has 5 heteroatoms. The van der Waals surface area contributed by atoms with Gasteiger partial charge in [0.2, 0.25) is 0 Å². The molecule has 4 nitrogen and oxygen atoms in total. The molecule has 1 aromatic heterocycles. The average Bonchev–Trinajstić information content (AvgIpc) is 3.05. The van der Waals surface area contributed by atoms with Crippen molar-refractivity contribution >= 4 is 26.8 Å². The Labute approximate surface area is 157 Å². The Balaban J connectivity index is 1.59. The van der Waals surface area contributed by atoms with E-state index in [1.54, 1.807) is 0 Å². The summed E-state index contributed by atoms with van der Waals surface area (Å²) in [7, 11) is 2.00. The molecule has 0 radical (unpaired) electrons. The van der Waals surface area contributed by atoms with Gasteiger partial charge in [-0.05, 0) is 50.7 Å². The SMILES string of the molecule is CNCCCCCCOc1ccc2c(-c3ccc(Br)cc3)n[nH]c2c1. The summed E-state index contributed by atoms with van der Waals surface area (Å²) < 4.78 is 6.95. The van der Waals surface area contributed by atoms with Gasteiger partial charge in [-0.25, -0.2) is 0 Å². The molecule has 0 saturated heterocycles. The Morgan fingerprint density at radius 1 is 1.04 bits per heavy atom. The van der Waals surface area contributed by atoms with Crippen LogP contribution in [0.3, 0.4) is 0 Å². The number of aromatic nitrogens is 2. The lowest BCUT2D eigenvalue weighted by Crippen LogP contribution is -2.07. The van der Waals surface area contributed by atoms with Gasteiger partial charge >= 0.3 is 0 Å². The summed E-state index contributed by atoms with van der Waals surface area (Å²) in [5.74, 6) is 0.897.